The number of hydrogen-bond donors (Lipinski definition) is 1. The van der Waals surface area contributed by atoms with Crippen LogP contribution in [0.4, 0.5) is 5.95 Å². The summed E-state index contributed by atoms with van der Waals surface area (Å²) in [5.41, 5.74) is 3.53. The molecule has 0 bridgehead atoms. The lowest BCUT2D eigenvalue weighted by Crippen LogP contribution is -2.37. The highest BCUT2D eigenvalue weighted by atomic mass is 32.1. The van der Waals surface area contributed by atoms with E-state index in [0.29, 0.717) is 31.4 Å². The van der Waals surface area contributed by atoms with Gasteiger partial charge in [0.05, 0.1) is 13.2 Å². The minimum atomic E-state index is -0.0965. The van der Waals surface area contributed by atoms with Crippen LogP contribution in [-0.4, -0.2) is 46.7 Å². The lowest BCUT2D eigenvalue weighted by Gasteiger charge is -2.26. The van der Waals surface area contributed by atoms with E-state index in [9.17, 15) is 4.79 Å². The number of aromatic nitrogens is 3. The van der Waals surface area contributed by atoms with Crippen LogP contribution in [0.1, 0.15) is 16.1 Å². The normalized spacial score (nSPS) is 14.3. The van der Waals surface area contributed by atoms with Crippen molar-refractivity contribution in [3.05, 3.63) is 52.7 Å². The first-order valence-corrected chi connectivity index (χ1v) is 9.76. The van der Waals surface area contributed by atoms with Gasteiger partial charge in [0.1, 0.15) is 5.69 Å². The minimum Gasteiger partial charge on any atom is -0.378 e. The highest BCUT2D eigenvalue weighted by Gasteiger charge is 2.16. The van der Waals surface area contributed by atoms with E-state index < -0.39 is 0 Å². The second-order valence-corrected chi connectivity index (χ2v) is 7.19. The second kappa shape index (κ2) is 7.89. The summed E-state index contributed by atoms with van der Waals surface area (Å²) in [7, 11) is 1.87. The molecule has 1 fully saturated rings. The molecule has 3 aromatic heterocycles. The van der Waals surface area contributed by atoms with Crippen LogP contribution < -0.4 is 10.2 Å². The molecule has 0 aliphatic carbocycles. The van der Waals surface area contributed by atoms with Crippen molar-refractivity contribution in [1.29, 1.82) is 0 Å². The largest absolute Gasteiger partial charge is 0.378 e. The van der Waals surface area contributed by atoms with E-state index >= 15 is 0 Å². The van der Waals surface area contributed by atoms with Crippen molar-refractivity contribution >= 4 is 23.2 Å². The summed E-state index contributed by atoms with van der Waals surface area (Å²) < 4.78 is 7.19. The van der Waals surface area contributed by atoms with Crippen LogP contribution in [0.3, 0.4) is 0 Å². The Balaban J connectivity index is 1.46. The van der Waals surface area contributed by atoms with E-state index in [1.54, 1.807) is 23.7 Å². The molecule has 0 atom stereocenters. The van der Waals surface area contributed by atoms with Gasteiger partial charge in [-0.2, -0.15) is 11.3 Å². The predicted molar refractivity (Wildman–Crippen MR) is 105 cm³/mol. The topological polar surface area (TPSA) is 72.3 Å². The van der Waals surface area contributed by atoms with Crippen LogP contribution >= 0.6 is 11.3 Å². The number of aryl methyl sites for hydroxylation is 1. The van der Waals surface area contributed by atoms with Crippen LogP contribution in [0.15, 0.2) is 41.5 Å². The van der Waals surface area contributed by atoms with Crippen molar-refractivity contribution in [1.82, 2.24) is 19.9 Å². The zero-order chi connectivity index (χ0) is 18.6. The number of nitrogens with one attached hydrogen (secondary N) is 1. The summed E-state index contributed by atoms with van der Waals surface area (Å²) in [6.07, 6.45) is 5.53. The van der Waals surface area contributed by atoms with Crippen LogP contribution in [0.5, 0.6) is 0 Å². The summed E-state index contributed by atoms with van der Waals surface area (Å²) in [4.78, 5) is 23.6. The Morgan fingerprint density at radius 2 is 2.04 bits per heavy atom. The number of carbonyl (C=O) groups excluding carboxylic acids is 1. The van der Waals surface area contributed by atoms with Crippen LogP contribution in [0.25, 0.3) is 11.1 Å². The van der Waals surface area contributed by atoms with E-state index in [1.165, 1.54) is 0 Å². The average molecular weight is 383 g/mol. The molecule has 1 aliphatic heterocycles. The molecule has 1 N–H and O–H groups in total. The molecule has 4 rings (SSSR count). The molecular formula is C19H21N5O2S. The average Bonchev–Trinajstić information content (AvgIpc) is 3.37. The van der Waals surface area contributed by atoms with E-state index in [1.807, 2.05) is 40.7 Å². The molecule has 0 aromatic carbocycles. The number of anilines is 1. The van der Waals surface area contributed by atoms with Crippen molar-refractivity contribution in [2.45, 2.75) is 6.54 Å². The van der Waals surface area contributed by atoms with Crippen molar-refractivity contribution in [2.24, 2.45) is 7.05 Å². The molecule has 4 heterocycles. The molecule has 0 unspecified atom stereocenters. The first-order chi connectivity index (χ1) is 13.2. The number of ether oxygens (including phenoxy) is 1. The highest BCUT2D eigenvalue weighted by Crippen LogP contribution is 2.22. The monoisotopic (exact) mass is 383 g/mol. The SMILES string of the molecule is Cn1cc(-c2cnc(N3CCOCC3)nc2)cc1C(=O)NCc1ccsc1. The summed E-state index contributed by atoms with van der Waals surface area (Å²) >= 11 is 1.62. The van der Waals surface area contributed by atoms with Crippen molar-refractivity contribution in [2.75, 3.05) is 31.2 Å². The number of amides is 1. The first kappa shape index (κ1) is 17.7. The molecule has 1 aliphatic rings. The van der Waals surface area contributed by atoms with Crippen LogP contribution in [0.2, 0.25) is 0 Å². The van der Waals surface area contributed by atoms with E-state index in [4.69, 9.17) is 4.74 Å². The van der Waals surface area contributed by atoms with Crippen molar-refractivity contribution in [3.8, 4) is 11.1 Å². The van der Waals surface area contributed by atoms with Gasteiger partial charge in [-0.3, -0.25) is 4.79 Å². The summed E-state index contributed by atoms with van der Waals surface area (Å²) in [5.74, 6) is 0.618. The lowest BCUT2D eigenvalue weighted by atomic mass is 10.2. The molecular weight excluding hydrogens is 362 g/mol. The van der Waals surface area contributed by atoms with E-state index in [-0.39, 0.29) is 5.91 Å². The van der Waals surface area contributed by atoms with E-state index in [0.717, 1.165) is 29.8 Å². The van der Waals surface area contributed by atoms with Gasteiger partial charge in [-0.1, -0.05) is 0 Å². The zero-order valence-corrected chi connectivity index (χ0v) is 15.9. The smallest absolute Gasteiger partial charge is 0.268 e. The first-order valence-electron chi connectivity index (χ1n) is 8.81. The molecule has 1 amide bonds. The summed E-state index contributed by atoms with van der Waals surface area (Å²) in [5, 5.41) is 6.99. The van der Waals surface area contributed by atoms with Gasteiger partial charge < -0.3 is 19.5 Å². The molecule has 140 valence electrons. The highest BCUT2D eigenvalue weighted by molar-refractivity contribution is 7.07. The Labute approximate surface area is 161 Å². The van der Waals surface area contributed by atoms with E-state index in [2.05, 4.69) is 20.2 Å². The lowest BCUT2D eigenvalue weighted by molar-refractivity contribution is 0.0943. The Kier molecular flexibility index (Phi) is 5.17. The number of carbonyl (C=O) groups is 1. The fraction of sp³-hybridized carbons (Fsp3) is 0.316. The quantitative estimate of drug-likeness (QED) is 0.732. The number of thiophene rings is 1. The fourth-order valence-corrected chi connectivity index (χ4v) is 3.68. The number of morpholine rings is 1. The standard InChI is InChI=1S/C19H21N5O2S/c1-23-12-15(8-17(23)18(25)20-9-14-2-7-27-13-14)16-10-21-19(22-11-16)24-3-5-26-6-4-24/h2,7-8,10-13H,3-6,9H2,1H3,(H,20,25). The second-order valence-electron chi connectivity index (χ2n) is 6.41. The predicted octanol–water partition coefficient (Wildman–Crippen LogP) is 2.31. The molecule has 3 aromatic rings. The Morgan fingerprint density at radius 3 is 2.74 bits per heavy atom. The van der Waals surface area contributed by atoms with Gasteiger partial charge >= 0.3 is 0 Å². The zero-order valence-electron chi connectivity index (χ0n) is 15.1. The Bertz CT molecular complexity index is 899. The Morgan fingerprint density at radius 1 is 1.26 bits per heavy atom. The molecule has 7 nitrogen and oxygen atoms in total. The van der Waals surface area contributed by atoms with Gasteiger partial charge in [0.25, 0.3) is 5.91 Å². The van der Waals surface area contributed by atoms with Gasteiger partial charge in [-0.05, 0) is 28.5 Å². The summed E-state index contributed by atoms with van der Waals surface area (Å²) in [6, 6.07) is 3.88. The van der Waals surface area contributed by atoms with Gasteiger partial charge in [0.15, 0.2) is 0 Å². The van der Waals surface area contributed by atoms with Gasteiger partial charge in [-0.15, -0.1) is 0 Å². The third-order valence-corrected chi connectivity index (χ3v) is 5.27. The molecule has 27 heavy (non-hydrogen) atoms. The maximum Gasteiger partial charge on any atom is 0.268 e. The summed E-state index contributed by atoms with van der Waals surface area (Å²) in [6.45, 7) is 3.54. The maximum atomic E-state index is 12.5. The molecule has 8 heteroatoms. The number of nitrogens with zero attached hydrogens (tertiary/aromatic N) is 4. The minimum absolute atomic E-state index is 0.0965. The van der Waals surface area contributed by atoms with Gasteiger partial charge in [0.2, 0.25) is 5.95 Å². The molecule has 0 saturated carbocycles. The number of rotatable bonds is 5. The van der Waals surface area contributed by atoms with Crippen LogP contribution in [0, 0.1) is 0 Å². The third-order valence-electron chi connectivity index (χ3n) is 4.54. The number of hydrogen-bond acceptors (Lipinski definition) is 6. The van der Waals surface area contributed by atoms with Crippen molar-refractivity contribution < 1.29 is 9.53 Å². The van der Waals surface area contributed by atoms with Gasteiger partial charge in [-0.25, -0.2) is 9.97 Å². The van der Waals surface area contributed by atoms with Gasteiger partial charge in [0, 0.05) is 56.4 Å². The molecule has 0 spiro atoms. The van der Waals surface area contributed by atoms with Crippen LogP contribution in [-0.2, 0) is 18.3 Å². The molecule has 0 radical (unpaired) electrons. The van der Waals surface area contributed by atoms with Crippen molar-refractivity contribution in [3.63, 3.8) is 0 Å². The Hall–Kier alpha value is -2.71. The maximum absolute atomic E-state index is 12.5. The molecule has 1 saturated heterocycles. The third kappa shape index (κ3) is 4.01. The fourth-order valence-electron chi connectivity index (χ4n) is 3.01.